The molecule has 0 aromatic carbocycles. The molecule has 110 valence electrons. The molecular formula is C20H24O. The second kappa shape index (κ2) is 4.60. The first-order valence-corrected chi connectivity index (χ1v) is 8.53. The maximum absolute atomic E-state index is 11.7. The molecule has 0 saturated heterocycles. The molecule has 0 heterocycles. The molecule has 0 N–H and O–H groups in total. The topological polar surface area (TPSA) is 17.1 Å². The van der Waals surface area contributed by atoms with Crippen LogP contribution in [0.25, 0.3) is 0 Å². The van der Waals surface area contributed by atoms with Crippen LogP contribution in [-0.4, -0.2) is 5.78 Å². The average Bonchev–Trinajstić information content (AvgIpc) is 2.83. The van der Waals surface area contributed by atoms with Crippen LogP contribution in [0.15, 0.2) is 22.8 Å². The number of hydrogen-bond donors (Lipinski definition) is 0. The number of terminal acetylenes is 1. The molecule has 4 aliphatic carbocycles. The number of rotatable bonds is 0. The van der Waals surface area contributed by atoms with E-state index in [0.29, 0.717) is 5.78 Å². The van der Waals surface area contributed by atoms with Gasteiger partial charge in [0.05, 0.1) is 0 Å². The zero-order valence-corrected chi connectivity index (χ0v) is 13.0. The normalized spacial score (nSPS) is 41.8. The van der Waals surface area contributed by atoms with E-state index < -0.39 is 0 Å². The Morgan fingerprint density at radius 2 is 2.14 bits per heavy atom. The van der Waals surface area contributed by atoms with Crippen molar-refractivity contribution < 1.29 is 4.79 Å². The average molecular weight is 280 g/mol. The third-order valence-corrected chi connectivity index (χ3v) is 6.94. The molecule has 0 aromatic rings. The second-order valence-corrected chi connectivity index (χ2v) is 7.71. The van der Waals surface area contributed by atoms with Crippen molar-refractivity contribution in [3.8, 4) is 12.3 Å². The summed E-state index contributed by atoms with van der Waals surface area (Å²) in [6, 6.07) is 0. The standard InChI is InChI=1S/C20H24O/c1-3-14-5-9-19-18-7-4-13-12-15(21)6-8-16(13)17(18)10-11-20(14,19)2/h1,5,17-19H,4,6-12H2,2H3/t17-,18-,19+,20-/m1/s1. The summed E-state index contributed by atoms with van der Waals surface area (Å²) in [5, 5.41) is 0. The van der Waals surface area contributed by atoms with Gasteiger partial charge in [0, 0.05) is 23.8 Å². The zero-order chi connectivity index (χ0) is 14.6. The maximum atomic E-state index is 11.7. The molecule has 4 aliphatic rings. The zero-order valence-electron chi connectivity index (χ0n) is 13.0. The van der Waals surface area contributed by atoms with Crippen LogP contribution in [0.2, 0.25) is 0 Å². The van der Waals surface area contributed by atoms with Crippen molar-refractivity contribution in [1.29, 1.82) is 0 Å². The van der Waals surface area contributed by atoms with Gasteiger partial charge in [0.1, 0.15) is 5.78 Å². The molecule has 0 radical (unpaired) electrons. The van der Waals surface area contributed by atoms with Crippen molar-refractivity contribution in [2.24, 2.45) is 23.2 Å². The van der Waals surface area contributed by atoms with Gasteiger partial charge in [-0.15, -0.1) is 6.42 Å². The van der Waals surface area contributed by atoms with Crippen molar-refractivity contribution in [3.05, 3.63) is 22.8 Å². The molecule has 1 heteroatoms. The van der Waals surface area contributed by atoms with Gasteiger partial charge in [-0.05, 0) is 56.3 Å². The van der Waals surface area contributed by atoms with Crippen LogP contribution in [0.4, 0.5) is 0 Å². The Balaban J connectivity index is 1.66. The van der Waals surface area contributed by atoms with Crippen molar-refractivity contribution >= 4 is 5.78 Å². The third kappa shape index (κ3) is 1.81. The summed E-state index contributed by atoms with van der Waals surface area (Å²) in [5.41, 5.74) is 4.73. The predicted molar refractivity (Wildman–Crippen MR) is 84.5 cm³/mol. The first-order chi connectivity index (χ1) is 10.1. The summed E-state index contributed by atoms with van der Waals surface area (Å²) >= 11 is 0. The van der Waals surface area contributed by atoms with Gasteiger partial charge in [0.15, 0.2) is 0 Å². The molecule has 1 nitrogen and oxygen atoms in total. The Bertz CT molecular complexity index is 600. The fourth-order valence-electron chi connectivity index (χ4n) is 5.84. The number of Topliss-reactive ketones (excluding diaryl/α,β-unsaturated/α-hetero) is 1. The van der Waals surface area contributed by atoms with E-state index >= 15 is 0 Å². The minimum atomic E-state index is 0.262. The minimum absolute atomic E-state index is 0.262. The Labute approximate surface area is 127 Å². The SMILES string of the molecule is C#CC1=CC[C@H]2[C@@H]3CCC4=C(CCC(=O)C4)[C@H]3CC[C@]12C. The molecular weight excluding hydrogens is 256 g/mol. The van der Waals surface area contributed by atoms with Gasteiger partial charge >= 0.3 is 0 Å². The smallest absolute Gasteiger partial charge is 0.137 e. The molecule has 4 rings (SSSR count). The molecule has 4 atom stereocenters. The van der Waals surface area contributed by atoms with E-state index in [1.165, 1.54) is 43.3 Å². The third-order valence-electron chi connectivity index (χ3n) is 6.94. The van der Waals surface area contributed by atoms with E-state index in [0.717, 1.165) is 37.0 Å². The van der Waals surface area contributed by atoms with E-state index in [-0.39, 0.29) is 5.41 Å². The van der Waals surface area contributed by atoms with Gasteiger partial charge in [-0.3, -0.25) is 4.79 Å². The maximum Gasteiger partial charge on any atom is 0.137 e. The molecule has 0 aromatic heterocycles. The van der Waals surface area contributed by atoms with Gasteiger partial charge < -0.3 is 0 Å². The summed E-state index contributed by atoms with van der Waals surface area (Å²) in [6.45, 7) is 2.40. The van der Waals surface area contributed by atoms with E-state index in [4.69, 9.17) is 6.42 Å². The van der Waals surface area contributed by atoms with E-state index in [1.54, 1.807) is 5.57 Å². The van der Waals surface area contributed by atoms with Crippen LogP contribution in [-0.2, 0) is 4.79 Å². The molecule has 0 spiro atoms. The highest BCUT2D eigenvalue weighted by Gasteiger charge is 2.52. The molecule has 0 bridgehead atoms. The van der Waals surface area contributed by atoms with Crippen LogP contribution in [0.1, 0.15) is 58.3 Å². The van der Waals surface area contributed by atoms with Crippen molar-refractivity contribution in [2.45, 2.75) is 58.3 Å². The second-order valence-electron chi connectivity index (χ2n) is 7.71. The Hall–Kier alpha value is -1.29. The lowest BCUT2D eigenvalue weighted by atomic mass is 9.53. The van der Waals surface area contributed by atoms with Gasteiger partial charge in [-0.1, -0.05) is 30.1 Å². The number of allylic oxidation sites excluding steroid dienone is 4. The summed E-state index contributed by atoms with van der Waals surface area (Å²) in [7, 11) is 0. The van der Waals surface area contributed by atoms with Crippen LogP contribution >= 0.6 is 0 Å². The molecule has 1 saturated carbocycles. The summed E-state index contributed by atoms with van der Waals surface area (Å²) in [4.78, 5) is 11.7. The number of fused-ring (bicyclic) bond motifs is 4. The fraction of sp³-hybridized carbons (Fsp3) is 0.650. The lowest BCUT2D eigenvalue weighted by molar-refractivity contribution is -0.119. The van der Waals surface area contributed by atoms with Crippen LogP contribution < -0.4 is 0 Å². The van der Waals surface area contributed by atoms with E-state index in [1.807, 2.05) is 0 Å². The predicted octanol–water partition coefficient (Wildman–Crippen LogP) is 4.44. The highest BCUT2D eigenvalue weighted by atomic mass is 16.1. The van der Waals surface area contributed by atoms with E-state index in [2.05, 4.69) is 18.9 Å². The molecule has 1 fully saturated rings. The van der Waals surface area contributed by atoms with Crippen LogP contribution in [0.5, 0.6) is 0 Å². The van der Waals surface area contributed by atoms with E-state index in [9.17, 15) is 4.79 Å². The Morgan fingerprint density at radius 3 is 2.95 bits per heavy atom. The highest BCUT2D eigenvalue weighted by Crippen LogP contribution is 2.61. The van der Waals surface area contributed by atoms with Gasteiger partial charge in [0.2, 0.25) is 0 Å². The first kappa shape index (κ1) is 13.4. The molecule has 21 heavy (non-hydrogen) atoms. The van der Waals surface area contributed by atoms with Crippen LogP contribution in [0.3, 0.4) is 0 Å². The van der Waals surface area contributed by atoms with Crippen LogP contribution in [0, 0.1) is 35.5 Å². The number of carbonyl (C=O) groups excluding carboxylic acids is 1. The van der Waals surface area contributed by atoms with Gasteiger partial charge in [-0.25, -0.2) is 0 Å². The van der Waals surface area contributed by atoms with Gasteiger partial charge in [-0.2, -0.15) is 0 Å². The highest BCUT2D eigenvalue weighted by molar-refractivity contribution is 5.82. The Kier molecular flexibility index (Phi) is 2.93. The summed E-state index contributed by atoms with van der Waals surface area (Å²) in [6.07, 6.45) is 16.8. The molecule has 0 amide bonds. The minimum Gasteiger partial charge on any atom is -0.299 e. The number of hydrogen-bond acceptors (Lipinski definition) is 1. The first-order valence-electron chi connectivity index (χ1n) is 8.53. The Morgan fingerprint density at radius 1 is 1.29 bits per heavy atom. The number of ketones is 1. The summed E-state index contributed by atoms with van der Waals surface area (Å²) < 4.78 is 0. The van der Waals surface area contributed by atoms with Crippen molar-refractivity contribution in [2.75, 3.05) is 0 Å². The molecule has 0 unspecified atom stereocenters. The summed E-state index contributed by atoms with van der Waals surface area (Å²) in [5.74, 6) is 5.73. The van der Waals surface area contributed by atoms with Crippen molar-refractivity contribution in [3.63, 3.8) is 0 Å². The fourth-order valence-corrected chi connectivity index (χ4v) is 5.84. The monoisotopic (exact) mass is 280 g/mol. The largest absolute Gasteiger partial charge is 0.299 e. The lowest BCUT2D eigenvalue weighted by Gasteiger charge is -2.51. The molecule has 0 aliphatic heterocycles. The van der Waals surface area contributed by atoms with Gasteiger partial charge in [0.25, 0.3) is 0 Å². The lowest BCUT2D eigenvalue weighted by Crippen LogP contribution is -2.42. The quantitative estimate of drug-likeness (QED) is 0.473. The van der Waals surface area contributed by atoms with Crippen molar-refractivity contribution in [1.82, 2.24) is 0 Å². The number of carbonyl (C=O) groups is 1.